The average Bonchev–Trinajstić information content (AvgIpc) is 3.03. The van der Waals surface area contributed by atoms with Crippen LogP contribution in [0.4, 0.5) is 5.69 Å². The zero-order valence-corrected chi connectivity index (χ0v) is 15.7. The van der Waals surface area contributed by atoms with Gasteiger partial charge in [-0.1, -0.05) is 0 Å². The average molecular weight is 399 g/mol. The maximum atomic E-state index is 12.4. The smallest absolute Gasteiger partial charge is 0.343 e. The summed E-state index contributed by atoms with van der Waals surface area (Å²) in [6.07, 6.45) is 0. The van der Waals surface area contributed by atoms with Crippen molar-refractivity contribution >= 4 is 28.6 Å². The van der Waals surface area contributed by atoms with Gasteiger partial charge in [-0.15, -0.1) is 0 Å². The number of fused-ring (bicyclic) bond motifs is 1. The van der Waals surface area contributed by atoms with Gasteiger partial charge in [-0.3, -0.25) is 10.1 Å². The normalized spacial score (nSPS) is 10.7. The highest BCUT2D eigenvalue weighted by Crippen LogP contribution is 2.30. The third-order valence-electron chi connectivity index (χ3n) is 4.08. The number of furan rings is 1. The van der Waals surface area contributed by atoms with Gasteiger partial charge >= 0.3 is 11.9 Å². The first-order valence-corrected chi connectivity index (χ1v) is 8.56. The highest BCUT2D eigenvalue weighted by molar-refractivity contribution is 6.05. The summed E-state index contributed by atoms with van der Waals surface area (Å²) in [5, 5.41) is 11.1. The molecule has 0 aliphatic rings. The van der Waals surface area contributed by atoms with Gasteiger partial charge in [-0.05, 0) is 37.3 Å². The van der Waals surface area contributed by atoms with Crippen LogP contribution in [0.2, 0.25) is 0 Å². The fourth-order valence-corrected chi connectivity index (χ4v) is 2.69. The van der Waals surface area contributed by atoms with E-state index in [0.717, 1.165) is 0 Å². The van der Waals surface area contributed by atoms with Gasteiger partial charge in [0.05, 0.1) is 17.1 Å². The van der Waals surface area contributed by atoms with Crippen molar-refractivity contribution in [1.82, 2.24) is 0 Å². The molecule has 0 amide bonds. The molecule has 2 aromatic carbocycles. The van der Waals surface area contributed by atoms with Crippen molar-refractivity contribution in [2.75, 3.05) is 20.3 Å². The molecule has 9 heteroatoms. The lowest BCUT2D eigenvalue weighted by Gasteiger charge is -2.06. The second kappa shape index (κ2) is 8.53. The van der Waals surface area contributed by atoms with E-state index in [9.17, 15) is 19.7 Å². The first-order valence-electron chi connectivity index (χ1n) is 8.56. The molecule has 0 aliphatic heterocycles. The molecule has 0 radical (unpaired) electrons. The van der Waals surface area contributed by atoms with Crippen LogP contribution < -0.4 is 4.74 Å². The monoisotopic (exact) mass is 399 g/mol. The minimum absolute atomic E-state index is 0.0935. The SMILES string of the molecule is COCCOC(=O)c1c(C)oc2ccc(OC(=O)c3ccc([N+](=O)[O-])cc3)cc12. The van der Waals surface area contributed by atoms with Gasteiger partial charge < -0.3 is 18.6 Å². The molecule has 0 unspecified atom stereocenters. The Labute approximate surface area is 164 Å². The van der Waals surface area contributed by atoms with Gasteiger partial charge in [0.25, 0.3) is 5.69 Å². The van der Waals surface area contributed by atoms with Crippen molar-refractivity contribution in [3.63, 3.8) is 0 Å². The number of rotatable bonds is 7. The number of aryl methyl sites for hydroxylation is 1. The Morgan fingerprint density at radius 3 is 2.45 bits per heavy atom. The number of nitrogens with zero attached hydrogens (tertiary/aromatic N) is 1. The van der Waals surface area contributed by atoms with Crippen molar-refractivity contribution in [2.45, 2.75) is 6.92 Å². The lowest BCUT2D eigenvalue weighted by atomic mass is 10.1. The topological polar surface area (TPSA) is 118 Å². The van der Waals surface area contributed by atoms with Crippen molar-refractivity contribution in [3.05, 3.63) is 69.5 Å². The predicted molar refractivity (Wildman–Crippen MR) is 101 cm³/mol. The molecule has 1 heterocycles. The molecule has 0 saturated heterocycles. The van der Waals surface area contributed by atoms with E-state index in [1.54, 1.807) is 13.0 Å². The molecule has 150 valence electrons. The molecule has 3 aromatic rings. The molecule has 0 saturated carbocycles. The number of non-ortho nitro benzene ring substituents is 1. The number of ether oxygens (including phenoxy) is 3. The molecule has 0 aliphatic carbocycles. The minimum Gasteiger partial charge on any atom is -0.460 e. The van der Waals surface area contributed by atoms with Crippen LogP contribution in [0.15, 0.2) is 46.9 Å². The summed E-state index contributed by atoms with van der Waals surface area (Å²) in [6, 6.07) is 9.64. The highest BCUT2D eigenvalue weighted by atomic mass is 16.6. The lowest BCUT2D eigenvalue weighted by Crippen LogP contribution is -2.10. The number of hydrogen-bond donors (Lipinski definition) is 0. The number of methoxy groups -OCH3 is 1. The van der Waals surface area contributed by atoms with Gasteiger partial charge in [-0.25, -0.2) is 9.59 Å². The quantitative estimate of drug-likeness (QED) is 0.194. The molecule has 0 atom stereocenters. The number of carbonyl (C=O) groups is 2. The van der Waals surface area contributed by atoms with Gasteiger partial charge in [0.15, 0.2) is 0 Å². The predicted octanol–water partition coefficient (Wildman–Crippen LogP) is 3.67. The van der Waals surface area contributed by atoms with Crippen LogP contribution in [0.25, 0.3) is 11.0 Å². The molecular weight excluding hydrogens is 382 g/mol. The van der Waals surface area contributed by atoms with Crippen molar-refractivity contribution < 1.29 is 33.1 Å². The highest BCUT2D eigenvalue weighted by Gasteiger charge is 2.21. The second-order valence-electron chi connectivity index (χ2n) is 6.01. The Kier molecular flexibility index (Phi) is 5.89. The van der Waals surface area contributed by atoms with Crippen LogP contribution in [-0.4, -0.2) is 37.2 Å². The lowest BCUT2D eigenvalue weighted by molar-refractivity contribution is -0.384. The van der Waals surface area contributed by atoms with Crippen molar-refractivity contribution in [3.8, 4) is 5.75 Å². The number of hydrogen-bond acceptors (Lipinski definition) is 8. The molecule has 9 nitrogen and oxygen atoms in total. The van der Waals surface area contributed by atoms with Crippen molar-refractivity contribution in [1.29, 1.82) is 0 Å². The van der Waals surface area contributed by atoms with E-state index in [-0.39, 0.29) is 35.8 Å². The second-order valence-corrected chi connectivity index (χ2v) is 6.01. The molecule has 0 fully saturated rings. The van der Waals surface area contributed by atoms with E-state index < -0.39 is 16.9 Å². The van der Waals surface area contributed by atoms with Gasteiger partial charge in [0.1, 0.15) is 29.3 Å². The standard InChI is InChI=1S/C20H17NO8/c1-12-18(20(23)27-10-9-26-2)16-11-15(7-8-17(16)28-12)29-19(22)13-3-5-14(6-4-13)21(24)25/h3-8,11H,9-10H2,1-2H3. The number of nitro benzene ring substituents is 1. The van der Waals surface area contributed by atoms with Crippen molar-refractivity contribution in [2.24, 2.45) is 0 Å². The zero-order valence-electron chi connectivity index (χ0n) is 15.7. The van der Waals surface area contributed by atoms with Crippen LogP contribution in [0.1, 0.15) is 26.5 Å². The molecule has 0 bridgehead atoms. The fraction of sp³-hybridized carbons (Fsp3) is 0.200. The third-order valence-corrected chi connectivity index (χ3v) is 4.08. The van der Waals surface area contributed by atoms with Crippen LogP contribution in [0, 0.1) is 17.0 Å². The Balaban J connectivity index is 1.83. The van der Waals surface area contributed by atoms with E-state index in [4.69, 9.17) is 18.6 Å². The van der Waals surface area contributed by atoms with Gasteiger partial charge in [-0.2, -0.15) is 0 Å². The summed E-state index contributed by atoms with van der Waals surface area (Å²) >= 11 is 0. The first-order chi connectivity index (χ1) is 13.9. The Morgan fingerprint density at radius 1 is 1.07 bits per heavy atom. The largest absolute Gasteiger partial charge is 0.460 e. The van der Waals surface area contributed by atoms with Crippen LogP contribution in [-0.2, 0) is 9.47 Å². The summed E-state index contributed by atoms with van der Waals surface area (Å²) in [5.41, 5.74) is 0.701. The van der Waals surface area contributed by atoms with E-state index in [2.05, 4.69) is 0 Å². The van der Waals surface area contributed by atoms with Crippen LogP contribution in [0.3, 0.4) is 0 Å². The van der Waals surface area contributed by atoms with E-state index in [0.29, 0.717) is 16.7 Å². The Morgan fingerprint density at radius 2 is 1.79 bits per heavy atom. The molecule has 0 N–H and O–H groups in total. The van der Waals surface area contributed by atoms with Crippen LogP contribution in [0.5, 0.6) is 5.75 Å². The maximum Gasteiger partial charge on any atom is 0.343 e. The molecule has 29 heavy (non-hydrogen) atoms. The number of nitro groups is 1. The summed E-state index contributed by atoms with van der Waals surface area (Å²) in [5.74, 6) is -0.699. The first kappa shape index (κ1) is 20.0. The zero-order chi connectivity index (χ0) is 21.0. The summed E-state index contributed by atoms with van der Waals surface area (Å²) in [6.45, 7) is 1.99. The molecular formula is C20H17NO8. The van der Waals surface area contributed by atoms with Crippen LogP contribution >= 0.6 is 0 Å². The molecule has 0 spiro atoms. The minimum atomic E-state index is -0.691. The summed E-state index contributed by atoms with van der Waals surface area (Å²) < 4.78 is 20.9. The van der Waals surface area contributed by atoms with Gasteiger partial charge in [0.2, 0.25) is 0 Å². The third kappa shape index (κ3) is 4.41. The fourth-order valence-electron chi connectivity index (χ4n) is 2.69. The maximum absolute atomic E-state index is 12.4. The van der Waals surface area contributed by atoms with E-state index in [1.807, 2.05) is 0 Å². The summed E-state index contributed by atoms with van der Waals surface area (Å²) in [7, 11) is 1.50. The Bertz CT molecular complexity index is 1070. The summed E-state index contributed by atoms with van der Waals surface area (Å²) in [4.78, 5) is 34.8. The van der Waals surface area contributed by atoms with E-state index in [1.165, 1.54) is 43.5 Å². The molecule has 1 aromatic heterocycles. The number of carbonyl (C=O) groups excluding carboxylic acids is 2. The van der Waals surface area contributed by atoms with Gasteiger partial charge in [0, 0.05) is 24.6 Å². The van der Waals surface area contributed by atoms with E-state index >= 15 is 0 Å². The Hall–Kier alpha value is -3.72. The number of benzene rings is 2. The molecule has 3 rings (SSSR count). The number of esters is 2.